The van der Waals surface area contributed by atoms with Crippen molar-refractivity contribution in [2.24, 2.45) is 5.14 Å². The van der Waals surface area contributed by atoms with E-state index in [1.807, 2.05) is 0 Å². The third kappa shape index (κ3) is 4.52. The molecule has 3 aromatic rings. The van der Waals surface area contributed by atoms with Gasteiger partial charge in [0.15, 0.2) is 0 Å². The van der Waals surface area contributed by atoms with Crippen molar-refractivity contribution in [3.63, 3.8) is 0 Å². The highest BCUT2D eigenvalue weighted by molar-refractivity contribution is 7.89. The number of hydrogen-bond donors (Lipinski definition) is 3. The Bertz CT molecular complexity index is 1030. The van der Waals surface area contributed by atoms with Crippen molar-refractivity contribution in [1.82, 2.24) is 9.97 Å². The van der Waals surface area contributed by atoms with Crippen molar-refractivity contribution in [3.8, 4) is 0 Å². The largest absolute Gasteiger partial charge is 0.366 e. The van der Waals surface area contributed by atoms with Crippen LogP contribution in [-0.4, -0.2) is 18.4 Å². The first-order chi connectivity index (χ1) is 12.4. The zero-order valence-corrected chi connectivity index (χ0v) is 14.4. The molecule has 0 aliphatic heterocycles. The molecule has 0 fully saturated rings. The number of primary sulfonamides is 1. The minimum absolute atomic E-state index is 0.0430. The van der Waals surface area contributed by atoms with Crippen LogP contribution in [-0.2, 0) is 16.6 Å². The van der Waals surface area contributed by atoms with Crippen molar-refractivity contribution >= 4 is 27.3 Å². The van der Waals surface area contributed by atoms with Crippen molar-refractivity contribution in [3.05, 3.63) is 72.3 Å². The maximum Gasteiger partial charge on any atom is 0.238 e. The third-order valence-electron chi connectivity index (χ3n) is 3.50. The second-order valence-electron chi connectivity index (χ2n) is 5.44. The molecule has 9 heteroatoms. The standard InChI is InChI=1S/C17H16FN5O2S/c18-14-6-1-2-7-15(14)23-17-9-16(21-11-22-17)20-10-12-4-3-5-13(8-12)26(19,24)25/h1-9,11H,10H2,(H2,19,24,25)(H2,20,21,22,23). The van der Waals surface area contributed by atoms with Crippen molar-refractivity contribution in [1.29, 1.82) is 0 Å². The van der Waals surface area contributed by atoms with E-state index in [0.717, 1.165) is 5.56 Å². The molecule has 0 radical (unpaired) electrons. The average Bonchev–Trinajstić information content (AvgIpc) is 2.62. The molecule has 7 nitrogen and oxygen atoms in total. The van der Waals surface area contributed by atoms with Gasteiger partial charge in [0, 0.05) is 12.6 Å². The van der Waals surface area contributed by atoms with Crippen molar-refractivity contribution in [2.45, 2.75) is 11.4 Å². The van der Waals surface area contributed by atoms with Crippen LogP contribution in [0.5, 0.6) is 0 Å². The molecule has 26 heavy (non-hydrogen) atoms. The second-order valence-corrected chi connectivity index (χ2v) is 7.00. The van der Waals surface area contributed by atoms with E-state index in [4.69, 9.17) is 5.14 Å². The normalized spacial score (nSPS) is 11.2. The highest BCUT2D eigenvalue weighted by Gasteiger charge is 2.08. The lowest BCUT2D eigenvalue weighted by molar-refractivity contribution is 0.597. The number of aromatic nitrogens is 2. The first kappa shape index (κ1) is 17.8. The molecule has 4 N–H and O–H groups in total. The molecular weight excluding hydrogens is 357 g/mol. The average molecular weight is 373 g/mol. The van der Waals surface area contributed by atoms with E-state index in [1.54, 1.807) is 36.4 Å². The molecule has 3 rings (SSSR count). The summed E-state index contributed by atoms with van der Waals surface area (Å²) in [7, 11) is -3.75. The predicted octanol–water partition coefficient (Wildman–Crippen LogP) is 2.62. The van der Waals surface area contributed by atoms with Crippen LogP contribution in [0.15, 0.2) is 65.8 Å². The summed E-state index contributed by atoms with van der Waals surface area (Å²) < 4.78 is 36.5. The van der Waals surface area contributed by atoms with E-state index in [9.17, 15) is 12.8 Å². The van der Waals surface area contributed by atoms with Crippen molar-refractivity contribution in [2.75, 3.05) is 10.6 Å². The molecule has 1 heterocycles. The third-order valence-corrected chi connectivity index (χ3v) is 4.42. The van der Waals surface area contributed by atoms with Gasteiger partial charge in [0.05, 0.1) is 10.6 Å². The molecule has 0 unspecified atom stereocenters. The summed E-state index contributed by atoms with van der Waals surface area (Å²) in [4.78, 5) is 8.19. The molecule has 134 valence electrons. The number of nitrogens with zero attached hydrogens (tertiary/aromatic N) is 2. The summed E-state index contributed by atoms with van der Waals surface area (Å²) in [5.41, 5.74) is 1.02. The van der Waals surface area contributed by atoms with Crippen LogP contribution in [0.1, 0.15) is 5.56 Å². The van der Waals surface area contributed by atoms with Crippen LogP contribution in [0.2, 0.25) is 0 Å². The summed E-state index contributed by atoms with van der Waals surface area (Å²) in [5, 5.41) is 11.1. The summed E-state index contributed by atoms with van der Waals surface area (Å²) in [6, 6.07) is 14.2. The number of rotatable bonds is 6. The van der Waals surface area contributed by atoms with Gasteiger partial charge in [-0.15, -0.1) is 0 Å². The van der Waals surface area contributed by atoms with E-state index in [2.05, 4.69) is 20.6 Å². The SMILES string of the molecule is NS(=O)(=O)c1cccc(CNc2cc(Nc3ccccc3F)ncn2)c1. The van der Waals surface area contributed by atoms with Gasteiger partial charge in [0.1, 0.15) is 23.8 Å². The van der Waals surface area contributed by atoms with E-state index in [1.165, 1.54) is 24.5 Å². The zero-order valence-electron chi connectivity index (χ0n) is 13.6. The van der Waals surface area contributed by atoms with E-state index in [0.29, 0.717) is 23.9 Å². The van der Waals surface area contributed by atoms with Crippen LogP contribution < -0.4 is 15.8 Å². The van der Waals surface area contributed by atoms with Crippen molar-refractivity contribution < 1.29 is 12.8 Å². The number of sulfonamides is 1. The lowest BCUT2D eigenvalue weighted by Gasteiger charge is -2.10. The molecule has 0 aliphatic rings. The monoisotopic (exact) mass is 373 g/mol. The first-order valence-corrected chi connectivity index (χ1v) is 9.16. The number of hydrogen-bond acceptors (Lipinski definition) is 6. The van der Waals surface area contributed by atoms with Crippen LogP contribution >= 0.6 is 0 Å². The van der Waals surface area contributed by atoms with E-state index >= 15 is 0 Å². The summed E-state index contributed by atoms with van der Waals surface area (Å²) in [6.07, 6.45) is 1.34. The van der Waals surface area contributed by atoms with Crippen LogP contribution in [0, 0.1) is 5.82 Å². The van der Waals surface area contributed by atoms with Gasteiger partial charge in [-0.2, -0.15) is 0 Å². The quantitative estimate of drug-likeness (QED) is 0.613. The van der Waals surface area contributed by atoms with Gasteiger partial charge in [-0.1, -0.05) is 24.3 Å². The predicted molar refractivity (Wildman–Crippen MR) is 96.9 cm³/mol. The van der Waals surface area contributed by atoms with Crippen LogP contribution in [0.3, 0.4) is 0 Å². The molecule has 0 amide bonds. The van der Waals surface area contributed by atoms with Gasteiger partial charge >= 0.3 is 0 Å². The fourth-order valence-electron chi connectivity index (χ4n) is 2.25. The minimum Gasteiger partial charge on any atom is -0.366 e. The molecular formula is C17H16FN5O2S. The molecule has 0 saturated carbocycles. The van der Waals surface area contributed by atoms with E-state index < -0.39 is 10.0 Å². The van der Waals surface area contributed by atoms with Crippen LogP contribution in [0.25, 0.3) is 0 Å². The number of benzene rings is 2. The minimum atomic E-state index is -3.75. The number of halogens is 1. The second kappa shape index (κ2) is 7.46. The van der Waals surface area contributed by atoms with Crippen LogP contribution in [0.4, 0.5) is 21.7 Å². The fraction of sp³-hybridized carbons (Fsp3) is 0.0588. The lowest BCUT2D eigenvalue weighted by Crippen LogP contribution is -2.12. The van der Waals surface area contributed by atoms with Gasteiger partial charge in [-0.05, 0) is 29.8 Å². The van der Waals surface area contributed by atoms with Gasteiger partial charge in [0.25, 0.3) is 0 Å². The molecule has 0 aliphatic carbocycles. The Morgan fingerprint density at radius 3 is 2.54 bits per heavy atom. The lowest BCUT2D eigenvalue weighted by atomic mass is 10.2. The molecule has 0 bridgehead atoms. The molecule has 0 saturated heterocycles. The number of anilines is 3. The highest BCUT2D eigenvalue weighted by Crippen LogP contribution is 2.19. The fourth-order valence-corrected chi connectivity index (χ4v) is 2.83. The maximum atomic E-state index is 13.7. The molecule has 1 aromatic heterocycles. The molecule has 2 aromatic carbocycles. The number of nitrogens with one attached hydrogen (secondary N) is 2. The number of para-hydroxylation sites is 1. The highest BCUT2D eigenvalue weighted by atomic mass is 32.2. The topological polar surface area (TPSA) is 110 Å². The Morgan fingerprint density at radius 2 is 1.77 bits per heavy atom. The zero-order chi connectivity index (χ0) is 18.6. The molecule has 0 spiro atoms. The summed E-state index contributed by atoms with van der Waals surface area (Å²) >= 11 is 0. The van der Waals surface area contributed by atoms with Gasteiger partial charge in [-0.25, -0.2) is 27.9 Å². The Morgan fingerprint density at radius 1 is 1.00 bits per heavy atom. The van der Waals surface area contributed by atoms with E-state index in [-0.39, 0.29) is 10.7 Å². The van der Waals surface area contributed by atoms with Gasteiger partial charge < -0.3 is 10.6 Å². The smallest absolute Gasteiger partial charge is 0.238 e. The maximum absolute atomic E-state index is 13.7. The summed E-state index contributed by atoms with van der Waals surface area (Å²) in [5.74, 6) is 0.533. The van der Waals surface area contributed by atoms with Gasteiger partial charge in [0.2, 0.25) is 10.0 Å². The first-order valence-electron chi connectivity index (χ1n) is 7.61. The Labute approximate surface area is 150 Å². The number of nitrogens with two attached hydrogens (primary N) is 1. The van der Waals surface area contributed by atoms with Gasteiger partial charge in [-0.3, -0.25) is 0 Å². The Kier molecular flexibility index (Phi) is 5.10. The molecule has 0 atom stereocenters. The summed E-state index contributed by atoms with van der Waals surface area (Å²) in [6.45, 7) is 0.333. The Hall–Kier alpha value is -3.04. The Balaban J connectivity index is 1.71.